The Hall–Kier alpha value is -1.76. The van der Waals surface area contributed by atoms with Crippen molar-refractivity contribution in [2.45, 2.75) is 20.3 Å². The minimum absolute atomic E-state index is 0.243. The van der Waals surface area contributed by atoms with Crippen molar-refractivity contribution in [1.29, 1.82) is 0 Å². The fourth-order valence-electron chi connectivity index (χ4n) is 1.40. The lowest BCUT2D eigenvalue weighted by atomic mass is 10.1. The maximum Gasteiger partial charge on any atom is 0.372 e. The molecule has 0 aliphatic heterocycles. The van der Waals surface area contributed by atoms with Crippen LogP contribution in [0.4, 0.5) is 4.79 Å². The SMILES string of the molecule is CC(C)Cc1c(Cl)nnn1C(=O)n1ccnn1. The highest BCUT2D eigenvalue weighted by atomic mass is 35.5. The first kappa shape index (κ1) is 11.7. The predicted molar refractivity (Wildman–Crippen MR) is 59.8 cm³/mol. The summed E-state index contributed by atoms with van der Waals surface area (Å²) in [6.07, 6.45) is 3.47. The Morgan fingerprint density at radius 1 is 1.47 bits per heavy atom. The summed E-state index contributed by atoms with van der Waals surface area (Å²) in [7, 11) is 0. The number of aromatic nitrogens is 6. The van der Waals surface area contributed by atoms with Gasteiger partial charge in [0.05, 0.1) is 18.1 Å². The van der Waals surface area contributed by atoms with Crippen LogP contribution in [0.5, 0.6) is 0 Å². The van der Waals surface area contributed by atoms with Gasteiger partial charge in [-0.3, -0.25) is 0 Å². The lowest BCUT2D eigenvalue weighted by molar-refractivity contribution is 0.236. The summed E-state index contributed by atoms with van der Waals surface area (Å²) in [4.78, 5) is 12.0. The fraction of sp³-hybridized carbons (Fsp3) is 0.444. The van der Waals surface area contributed by atoms with Gasteiger partial charge in [0, 0.05) is 0 Å². The van der Waals surface area contributed by atoms with E-state index in [0.29, 0.717) is 18.0 Å². The highest BCUT2D eigenvalue weighted by Gasteiger charge is 2.19. The van der Waals surface area contributed by atoms with E-state index in [-0.39, 0.29) is 5.15 Å². The monoisotopic (exact) mass is 254 g/mol. The summed E-state index contributed by atoms with van der Waals surface area (Å²) in [5.74, 6) is 0.341. The molecule has 8 heteroatoms. The Morgan fingerprint density at radius 2 is 2.24 bits per heavy atom. The van der Waals surface area contributed by atoms with E-state index in [1.54, 1.807) is 0 Å². The molecule has 2 aromatic rings. The third-order valence-corrected chi connectivity index (χ3v) is 2.41. The molecule has 2 aromatic heterocycles. The number of hydrogen-bond donors (Lipinski definition) is 0. The Kier molecular flexibility index (Phi) is 3.19. The first-order chi connectivity index (χ1) is 8.09. The molecule has 0 unspecified atom stereocenters. The molecule has 0 aliphatic carbocycles. The van der Waals surface area contributed by atoms with Crippen LogP contribution >= 0.6 is 11.6 Å². The molecule has 17 heavy (non-hydrogen) atoms. The maximum atomic E-state index is 12.0. The largest absolute Gasteiger partial charge is 0.372 e. The number of nitrogens with zero attached hydrogens (tertiary/aromatic N) is 6. The molecule has 0 N–H and O–H groups in total. The van der Waals surface area contributed by atoms with Crippen LogP contribution in [0.2, 0.25) is 5.15 Å². The molecule has 0 amide bonds. The van der Waals surface area contributed by atoms with E-state index in [9.17, 15) is 4.79 Å². The van der Waals surface area contributed by atoms with E-state index in [4.69, 9.17) is 11.6 Å². The molecule has 0 aromatic carbocycles. The Balaban J connectivity index is 2.36. The van der Waals surface area contributed by atoms with Crippen molar-refractivity contribution >= 4 is 17.6 Å². The molecule has 7 nitrogen and oxygen atoms in total. The van der Waals surface area contributed by atoms with Gasteiger partial charge in [-0.25, -0.2) is 4.79 Å². The van der Waals surface area contributed by atoms with Crippen molar-refractivity contribution in [3.05, 3.63) is 23.2 Å². The standard InChI is InChI=1S/C9H11ClN6O/c1-6(2)5-7-8(10)12-14-16(7)9(17)15-4-3-11-13-15/h3-4,6H,5H2,1-2H3. The van der Waals surface area contributed by atoms with Crippen LogP contribution in [0, 0.1) is 5.92 Å². The zero-order chi connectivity index (χ0) is 12.4. The third kappa shape index (κ3) is 2.33. The van der Waals surface area contributed by atoms with Gasteiger partial charge in [-0.15, -0.1) is 10.2 Å². The molecule has 0 radical (unpaired) electrons. The summed E-state index contributed by atoms with van der Waals surface area (Å²) in [6.45, 7) is 4.04. The molecule has 2 rings (SSSR count). The van der Waals surface area contributed by atoms with Gasteiger partial charge in [-0.2, -0.15) is 9.36 Å². The van der Waals surface area contributed by atoms with Gasteiger partial charge >= 0.3 is 6.03 Å². The number of halogens is 1. The van der Waals surface area contributed by atoms with Crippen molar-refractivity contribution in [2.75, 3.05) is 0 Å². The second-order valence-electron chi connectivity index (χ2n) is 3.97. The van der Waals surface area contributed by atoms with E-state index >= 15 is 0 Å². The lowest BCUT2D eigenvalue weighted by Crippen LogP contribution is -2.24. The maximum absolute atomic E-state index is 12.0. The van der Waals surface area contributed by atoms with E-state index in [2.05, 4.69) is 20.6 Å². The van der Waals surface area contributed by atoms with Crippen molar-refractivity contribution in [2.24, 2.45) is 5.92 Å². The molecule has 0 aliphatic rings. The molecule has 0 saturated carbocycles. The summed E-state index contributed by atoms with van der Waals surface area (Å²) in [5.41, 5.74) is 0.585. The normalized spacial score (nSPS) is 11.1. The van der Waals surface area contributed by atoms with Gasteiger partial charge in [-0.1, -0.05) is 35.9 Å². The third-order valence-electron chi connectivity index (χ3n) is 2.12. The number of carbonyl (C=O) groups is 1. The minimum Gasteiger partial charge on any atom is -0.243 e. The van der Waals surface area contributed by atoms with E-state index in [1.807, 2.05) is 13.8 Å². The van der Waals surface area contributed by atoms with Gasteiger partial charge in [0.2, 0.25) is 0 Å². The highest BCUT2D eigenvalue weighted by Crippen LogP contribution is 2.16. The second kappa shape index (κ2) is 4.62. The average Bonchev–Trinajstić information content (AvgIpc) is 2.88. The van der Waals surface area contributed by atoms with Crippen LogP contribution in [0.25, 0.3) is 0 Å². The van der Waals surface area contributed by atoms with E-state index < -0.39 is 6.03 Å². The highest BCUT2D eigenvalue weighted by molar-refractivity contribution is 6.30. The van der Waals surface area contributed by atoms with Crippen LogP contribution in [-0.4, -0.2) is 36.0 Å². The Labute approximate surface area is 102 Å². The molecule has 2 heterocycles. The lowest BCUT2D eigenvalue weighted by Gasteiger charge is -2.06. The van der Waals surface area contributed by atoms with Crippen LogP contribution < -0.4 is 0 Å². The smallest absolute Gasteiger partial charge is 0.243 e. The minimum atomic E-state index is -0.447. The van der Waals surface area contributed by atoms with Crippen molar-refractivity contribution in [3.8, 4) is 0 Å². The molecular formula is C9H11ClN6O. The molecule has 90 valence electrons. The number of carbonyl (C=O) groups excluding carboxylic acids is 1. The molecule has 0 atom stereocenters. The molecule has 0 saturated heterocycles. The van der Waals surface area contributed by atoms with Crippen molar-refractivity contribution in [3.63, 3.8) is 0 Å². The quantitative estimate of drug-likeness (QED) is 0.806. The van der Waals surface area contributed by atoms with Crippen LogP contribution in [-0.2, 0) is 6.42 Å². The zero-order valence-electron chi connectivity index (χ0n) is 9.41. The van der Waals surface area contributed by atoms with Crippen LogP contribution in [0.3, 0.4) is 0 Å². The zero-order valence-corrected chi connectivity index (χ0v) is 10.2. The topological polar surface area (TPSA) is 78.5 Å². The first-order valence-corrected chi connectivity index (χ1v) is 5.48. The summed E-state index contributed by atoms with van der Waals surface area (Å²) < 4.78 is 2.23. The van der Waals surface area contributed by atoms with E-state index in [0.717, 1.165) is 9.36 Å². The van der Waals surface area contributed by atoms with Crippen LogP contribution in [0.15, 0.2) is 12.4 Å². The summed E-state index contributed by atoms with van der Waals surface area (Å²) in [6, 6.07) is -0.447. The Bertz CT molecular complexity index is 518. The van der Waals surface area contributed by atoms with Gasteiger partial charge in [0.25, 0.3) is 0 Å². The van der Waals surface area contributed by atoms with Gasteiger partial charge in [0.1, 0.15) is 0 Å². The van der Waals surface area contributed by atoms with Gasteiger partial charge in [-0.05, 0) is 12.3 Å². The Morgan fingerprint density at radius 3 is 2.82 bits per heavy atom. The molecule has 0 spiro atoms. The molecular weight excluding hydrogens is 244 g/mol. The summed E-state index contributed by atoms with van der Waals surface area (Å²) >= 11 is 5.90. The van der Waals surface area contributed by atoms with Crippen molar-refractivity contribution in [1.82, 2.24) is 30.0 Å². The van der Waals surface area contributed by atoms with Crippen LogP contribution in [0.1, 0.15) is 19.5 Å². The van der Waals surface area contributed by atoms with Gasteiger partial charge in [0.15, 0.2) is 5.15 Å². The number of rotatable bonds is 2. The second-order valence-corrected chi connectivity index (χ2v) is 4.32. The average molecular weight is 255 g/mol. The summed E-state index contributed by atoms with van der Waals surface area (Å²) in [5, 5.41) is 14.8. The van der Waals surface area contributed by atoms with E-state index in [1.165, 1.54) is 12.4 Å². The fourth-order valence-corrected chi connectivity index (χ4v) is 1.59. The predicted octanol–water partition coefficient (Wildman–Crippen LogP) is 1.24. The molecule has 0 fully saturated rings. The molecule has 0 bridgehead atoms. The van der Waals surface area contributed by atoms with Crippen molar-refractivity contribution < 1.29 is 4.79 Å². The van der Waals surface area contributed by atoms with Gasteiger partial charge < -0.3 is 0 Å². The first-order valence-electron chi connectivity index (χ1n) is 5.10. The number of hydrogen-bond acceptors (Lipinski definition) is 5.